The molecule has 1 unspecified atom stereocenters. The fourth-order valence-electron chi connectivity index (χ4n) is 1.86. The van der Waals surface area contributed by atoms with Crippen LogP contribution in [0.5, 0.6) is 11.5 Å². The Balaban J connectivity index is 2.86. The first-order valence-corrected chi connectivity index (χ1v) is 7.41. The molecule has 5 nitrogen and oxygen atoms in total. The number of carbonyl (C=O) groups excluding carboxylic acids is 1. The van der Waals surface area contributed by atoms with Gasteiger partial charge >= 0.3 is 0 Å². The lowest BCUT2D eigenvalue weighted by Gasteiger charge is -2.15. The Hall–Kier alpha value is -1.46. The number of methoxy groups -OCH3 is 1. The van der Waals surface area contributed by atoms with Crippen molar-refractivity contribution < 1.29 is 14.3 Å². The van der Waals surface area contributed by atoms with E-state index in [-0.39, 0.29) is 18.6 Å². The summed E-state index contributed by atoms with van der Waals surface area (Å²) in [7, 11) is 1.54. The minimum Gasteiger partial charge on any atom is -0.493 e. The maximum atomic E-state index is 11.4. The number of benzene rings is 1. The number of rotatable bonds is 8. The molecule has 3 N–H and O–H groups in total. The molecule has 0 saturated heterocycles. The molecule has 1 amide bonds. The van der Waals surface area contributed by atoms with Crippen LogP contribution in [-0.4, -0.2) is 32.2 Å². The summed E-state index contributed by atoms with van der Waals surface area (Å²) in [5, 5.41) is 3.07. The minimum atomic E-state index is -0.201. The van der Waals surface area contributed by atoms with Crippen LogP contribution in [-0.2, 0) is 11.2 Å². The number of nitrogens with two attached hydrogens (primary N) is 1. The minimum absolute atomic E-state index is 0.0767. The van der Waals surface area contributed by atoms with E-state index in [1.807, 2.05) is 19.9 Å². The second kappa shape index (κ2) is 8.74. The quantitative estimate of drug-likeness (QED) is 0.771. The molecule has 0 aromatic heterocycles. The van der Waals surface area contributed by atoms with E-state index in [0.717, 1.165) is 12.0 Å². The number of hydrogen-bond donors (Lipinski definition) is 2. The molecule has 21 heavy (non-hydrogen) atoms. The lowest BCUT2D eigenvalue weighted by Crippen LogP contribution is -2.28. The van der Waals surface area contributed by atoms with Crippen molar-refractivity contribution in [3.8, 4) is 11.5 Å². The molecule has 0 radical (unpaired) electrons. The summed E-state index contributed by atoms with van der Waals surface area (Å²) in [5.41, 5.74) is 6.93. The van der Waals surface area contributed by atoms with Gasteiger partial charge in [0.15, 0.2) is 18.1 Å². The Morgan fingerprint density at radius 3 is 2.71 bits per heavy atom. The number of amides is 1. The molecule has 1 rings (SSSR count). The molecule has 0 aliphatic rings. The molecule has 118 valence electrons. The Bertz CT molecular complexity index is 480. The van der Waals surface area contributed by atoms with Gasteiger partial charge in [0.25, 0.3) is 5.91 Å². The lowest BCUT2D eigenvalue weighted by atomic mass is 10.0. The van der Waals surface area contributed by atoms with Crippen molar-refractivity contribution in [2.24, 2.45) is 5.73 Å². The fourth-order valence-corrected chi connectivity index (χ4v) is 2.15. The van der Waals surface area contributed by atoms with Gasteiger partial charge in [-0.2, -0.15) is 0 Å². The van der Waals surface area contributed by atoms with Crippen LogP contribution < -0.4 is 20.5 Å². The van der Waals surface area contributed by atoms with Crippen molar-refractivity contribution >= 4 is 17.5 Å². The topological polar surface area (TPSA) is 73.6 Å². The van der Waals surface area contributed by atoms with Crippen molar-refractivity contribution in [3.63, 3.8) is 0 Å². The zero-order chi connectivity index (χ0) is 15.8. The molecule has 0 saturated carbocycles. The van der Waals surface area contributed by atoms with E-state index in [4.69, 9.17) is 26.8 Å². The first-order valence-electron chi connectivity index (χ1n) is 7.03. The number of likely N-dealkylation sites (N-methyl/N-ethyl adjacent to an activating group) is 1. The van der Waals surface area contributed by atoms with Gasteiger partial charge in [0, 0.05) is 12.6 Å². The van der Waals surface area contributed by atoms with Crippen LogP contribution in [0.3, 0.4) is 0 Å². The van der Waals surface area contributed by atoms with Gasteiger partial charge in [0.1, 0.15) is 0 Å². The normalized spacial score (nSPS) is 11.9. The maximum absolute atomic E-state index is 11.4. The predicted molar refractivity (Wildman–Crippen MR) is 84.2 cm³/mol. The van der Waals surface area contributed by atoms with Crippen molar-refractivity contribution in [1.29, 1.82) is 0 Å². The molecule has 1 atom stereocenters. The summed E-state index contributed by atoms with van der Waals surface area (Å²) < 4.78 is 10.8. The highest BCUT2D eigenvalue weighted by molar-refractivity contribution is 6.32. The highest BCUT2D eigenvalue weighted by atomic mass is 35.5. The van der Waals surface area contributed by atoms with Crippen LogP contribution in [0.2, 0.25) is 5.02 Å². The number of carbonyl (C=O) groups is 1. The molecule has 0 bridgehead atoms. The molecule has 6 heteroatoms. The van der Waals surface area contributed by atoms with E-state index in [1.54, 1.807) is 6.07 Å². The molecule has 0 fully saturated rings. The van der Waals surface area contributed by atoms with Gasteiger partial charge in [0.05, 0.1) is 12.1 Å². The third-order valence-electron chi connectivity index (χ3n) is 3.03. The SMILES string of the molecule is CCNC(=O)COc1c(Cl)cc(CC(N)CC)cc1OC. The largest absolute Gasteiger partial charge is 0.493 e. The standard InChI is InChI=1S/C15H23ClN2O3/c1-4-11(17)6-10-7-12(16)15(13(8-10)20-3)21-9-14(19)18-5-2/h7-8,11H,4-6,9,17H2,1-3H3,(H,18,19). The Morgan fingerprint density at radius 1 is 1.43 bits per heavy atom. The number of nitrogens with one attached hydrogen (secondary N) is 1. The molecule has 0 aliphatic carbocycles. The van der Waals surface area contributed by atoms with Crippen molar-refractivity contribution in [1.82, 2.24) is 5.32 Å². The molecule has 1 aromatic carbocycles. The Kier molecular flexibility index (Phi) is 7.32. The lowest BCUT2D eigenvalue weighted by molar-refractivity contribution is -0.122. The van der Waals surface area contributed by atoms with Gasteiger partial charge in [-0.15, -0.1) is 0 Å². The molecule has 0 aliphatic heterocycles. The van der Waals surface area contributed by atoms with Crippen molar-refractivity contribution in [2.45, 2.75) is 32.7 Å². The number of halogens is 1. The zero-order valence-corrected chi connectivity index (χ0v) is 13.5. The maximum Gasteiger partial charge on any atom is 0.257 e. The highest BCUT2D eigenvalue weighted by Crippen LogP contribution is 2.36. The van der Waals surface area contributed by atoms with Gasteiger partial charge in [-0.05, 0) is 37.5 Å². The van der Waals surface area contributed by atoms with Crippen molar-refractivity contribution in [2.75, 3.05) is 20.3 Å². The third-order valence-corrected chi connectivity index (χ3v) is 3.31. The second-order valence-corrected chi connectivity index (χ2v) is 5.13. The first-order chi connectivity index (χ1) is 10.0. The molecular weight excluding hydrogens is 292 g/mol. The van der Waals surface area contributed by atoms with E-state index in [0.29, 0.717) is 29.5 Å². The Labute approximate surface area is 130 Å². The van der Waals surface area contributed by atoms with Crippen LogP contribution in [0, 0.1) is 0 Å². The van der Waals surface area contributed by atoms with Gasteiger partial charge < -0.3 is 20.5 Å². The molecular formula is C15H23ClN2O3. The summed E-state index contributed by atoms with van der Waals surface area (Å²) in [4.78, 5) is 11.4. The van der Waals surface area contributed by atoms with Crippen LogP contribution in [0.15, 0.2) is 12.1 Å². The second-order valence-electron chi connectivity index (χ2n) is 4.72. The van der Waals surface area contributed by atoms with E-state index in [2.05, 4.69) is 5.32 Å². The fraction of sp³-hybridized carbons (Fsp3) is 0.533. The van der Waals surface area contributed by atoms with Gasteiger partial charge in [0.2, 0.25) is 0 Å². The monoisotopic (exact) mass is 314 g/mol. The summed E-state index contributed by atoms with van der Waals surface area (Å²) >= 11 is 6.22. The number of hydrogen-bond acceptors (Lipinski definition) is 4. The average molecular weight is 315 g/mol. The Morgan fingerprint density at radius 2 is 2.14 bits per heavy atom. The van der Waals surface area contributed by atoms with Gasteiger partial charge in [-0.1, -0.05) is 18.5 Å². The smallest absolute Gasteiger partial charge is 0.257 e. The summed E-state index contributed by atoms with van der Waals surface area (Å²) in [5.74, 6) is 0.678. The average Bonchev–Trinajstić information content (AvgIpc) is 2.45. The third kappa shape index (κ3) is 5.44. The van der Waals surface area contributed by atoms with Crippen LogP contribution >= 0.6 is 11.6 Å². The molecule has 1 aromatic rings. The predicted octanol–water partition coefficient (Wildman–Crippen LogP) is 2.14. The van der Waals surface area contributed by atoms with E-state index >= 15 is 0 Å². The zero-order valence-electron chi connectivity index (χ0n) is 12.7. The first kappa shape index (κ1) is 17.6. The van der Waals surface area contributed by atoms with Gasteiger partial charge in [-0.25, -0.2) is 0 Å². The number of ether oxygens (including phenoxy) is 2. The molecule has 0 heterocycles. The van der Waals surface area contributed by atoms with Gasteiger partial charge in [-0.3, -0.25) is 4.79 Å². The highest BCUT2D eigenvalue weighted by Gasteiger charge is 2.14. The van der Waals surface area contributed by atoms with Crippen LogP contribution in [0.25, 0.3) is 0 Å². The van der Waals surface area contributed by atoms with E-state index in [1.165, 1.54) is 7.11 Å². The van der Waals surface area contributed by atoms with Crippen LogP contribution in [0.4, 0.5) is 0 Å². The summed E-state index contributed by atoms with van der Waals surface area (Å²) in [6.45, 7) is 4.34. The van der Waals surface area contributed by atoms with E-state index < -0.39 is 0 Å². The van der Waals surface area contributed by atoms with Crippen molar-refractivity contribution in [3.05, 3.63) is 22.7 Å². The van der Waals surface area contributed by atoms with E-state index in [9.17, 15) is 4.79 Å². The summed E-state index contributed by atoms with van der Waals surface area (Å²) in [6, 6.07) is 3.72. The summed E-state index contributed by atoms with van der Waals surface area (Å²) in [6.07, 6.45) is 1.60. The van der Waals surface area contributed by atoms with Crippen LogP contribution in [0.1, 0.15) is 25.8 Å². The molecule has 0 spiro atoms.